The maximum atomic E-state index is 11.7. The number of amides is 2. The fourth-order valence-corrected chi connectivity index (χ4v) is 1.92. The molecule has 0 aliphatic rings. The third kappa shape index (κ3) is 4.00. The Balaban J connectivity index is 2.87. The molecule has 8 heteroatoms. The Hall–Kier alpha value is -1.50. The molecule has 4 N–H and O–H groups in total. The molecule has 0 aromatic heterocycles. The van der Waals surface area contributed by atoms with Crippen molar-refractivity contribution in [2.45, 2.75) is 26.0 Å². The van der Waals surface area contributed by atoms with E-state index in [1.165, 1.54) is 6.92 Å². The van der Waals surface area contributed by atoms with Gasteiger partial charge in [-0.2, -0.15) is 0 Å². The molecule has 0 aliphatic heterocycles. The quantitative estimate of drug-likeness (QED) is 0.683. The SMILES string of the molecule is Cc1ccc(Cl)c(NC(=O)N[C@H](C(=O)O)[C@@H](C)O)c1Cl. The minimum atomic E-state index is -1.43. The van der Waals surface area contributed by atoms with Gasteiger partial charge in [0.15, 0.2) is 6.04 Å². The third-order valence-corrected chi connectivity index (χ3v) is 3.36. The number of aryl methyl sites for hydroxylation is 1. The topological polar surface area (TPSA) is 98.7 Å². The number of urea groups is 1. The molecule has 0 fully saturated rings. The highest BCUT2D eigenvalue weighted by atomic mass is 35.5. The zero-order valence-corrected chi connectivity index (χ0v) is 12.3. The van der Waals surface area contributed by atoms with Crippen molar-refractivity contribution in [1.29, 1.82) is 0 Å². The van der Waals surface area contributed by atoms with E-state index in [0.717, 1.165) is 0 Å². The normalized spacial score (nSPS) is 13.4. The highest BCUT2D eigenvalue weighted by molar-refractivity contribution is 6.40. The van der Waals surface area contributed by atoms with Gasteiger partial charge in [-0.1, -0.05) is 29.3 Å². The lowest BCUT2D eigenvalue weighted by atomic mass is 10.2. The highest BCUT2D eigenvalue weighted by Gasteiger charge is 2.25. The molecule has 2 atom stereocenters. The van der Waals surface area contributed by atoms with E-state index >= 15 is 0 Å². The minimum Gasteiger partial charge on any atom is -0.480 e. The van der Waals surface area contributed by atoms with Crippen LogP contribution in [0.15, 0.2) is 12.1 Å². The minimum absolute atomic E-state index is 0.181. The molecule has 110 valence electrons. The second-order valence-corrected chi connectivity index (χ2v) is 4.99. The summed E-state index contributed by atoms with van der Waals surface area (Å²) >= 11 is 11.9. The second-order valence-electron chi connectivity index (χ2n) is 4.21. The summed E-state index contributed by atoms with van der Waals surface area (Å²) in [5, 5.41) is 23.1. The monoisotopic (exact) mass is 320 g/mol. The summed E-state index contributed by atoms with van der Waals surface area (Å²) in [5.41, 5.74) is 0.886. The van der Waals surface area contributed by atoms with Gasteiger partial charge in [-0.25, -0.2) is 9.59 Å². The molecule has 0 saturated carbocycles. The van der Waals surface area contributed by atoms with E-state index in [-0.39, 0.29) is 15.7 Å². The predicted molar refractivity (Wildman–Crippen MR) is 76.5 cm³/mol. The van der Waals surface area contributed by atoms with E-state index in [1.54, 1.807) is 19.1 Å². The van der Waals surface area contributed by atoms with E-state index in [0.29, 0.717) is 5.56 Å². The highest BCUT2D eigenvalue weighted by Crippen LogP contribution is 2.32. The van der Waals surface area contributed by atoms with Crippen LogP contribution in [0.1, 0.15) is 12.5 Å². The number of aliphatic hydroxyl groups is 1. The lowest BCUT2D eigenvalue weighted by Gasteiger charge is -2.18. The van der Waals surface area contributed by atoms with Gasteiger partial charge in [-0.3, -0.25) is 0 Å². The number of carbonyl (C=O) groups is 2. The molecule has 0 unspecified atom stereocenters. The van der Waals surface area contributed by atoms with Gasteiger partial charge in [0, 0.05) is 0 Å². The zero-order chi connectivity index (χ0) is 15.4. The van der Waals surface area contributed by atoms with Gasteiger partial charge in [0.25, 0.3) is 0 Å². The van der Waals surface area contributed by atoms with E-state index in [2.05, 4.69) is 10.6 Å². The van der Waals surface area contributed by atoms with Crippen molar-refractivity contribution in [3.8, 4) is 0 Å². The summed E-state index contributed by atoms with van der Waals surface area (Å²) < 4.78 is 0. The standard InChI is InChI=1S/C12H14Cl2N2O4/c1-5-3-4-7(13)10(8(5)14)16-12(20)15-9(6(2)17)11(18)19/h3-4,6,9,17H,1-2H3,(H,18,19)(H2,15,16,20)/t6-,9+/m1/s1. The molecule has 0 bridgehead atoms. The molecule has 1 aromatic rings. The number of aliphatic carboxylic acids is 1. The third-order valence-electron chi connectivity index (χ3n) is 2.56. The molecule has 0 saturated heterocycles. The molecule has 20 heavy (non-hydrogen) atoms. The van der Waals surface area contributed by atoms with Crippen molar-refractivity contribution in [3.05, 3.63) is 27.7 Å². The molecular weight excluding hydrogens is 307 g/mol. The molecule has 0 radical (unpaired) electrons. The Morgan fingerprint density at radius 2 is 1.90 bits per heavy atom. The Morgan fingerprint density at radius 1 is 1.30 bits per heavy atom. The molecular formula is C12H14Cl2N2O4. The van der Waals surface area contributed by atoms with Crippen LogP contribution in [-0.2, 0) is 4.79 Å². The summed E-state index contributed by atoms with van der Waals surface area (Å²) in [7, 11) is 0. The van der Waals surface area contributed by atoms with Crippen LogP contribution in [0.4, 0.5) is 10.5 Å². The summed E-state index contributed by atoms with van der Waals surface area (Å²) in [5.74, 6) is -1.35. The first-order chi connectivity index (χ1) is 9.23. The molecule has 0 aliphatic carbocycles. The average Bonchev–Trinajstić information content (AvgIpc) is 2.35. The molecule has 0 spiro atoms. The lowest BCUT2D eigenvalue weighted by molar-refractivity contribution is -0.141. The Labute approximate surface area is 125 Å². The Morgan fingerprint density at radius 3 is 2.40 bits per heavy atom. The number of rotatable bonds is 4. The molecule has 1 aromatic carbocycles. The predicted octanol–water partition coefficient (Wildman–Crippen LogP) is 2.26. The Bertz CT molecular complexity index is 534. The van der Waals surface area contributed by atoms with Crippen LogP contribution < -0.4 is 10.6 Å². The number of carboxylic acid groups (broad SMARTS) is 1. The van der Waals surface area contributed by atoms with Gasteiger partial charge in [-0.05, 0) is 25.5 Å². The van der Waals surface area contributed by atoms with Gasteiger partial charge >= 0.3 is 12.0 Å². The number of aliphatic hydroxyl groups excluding tert-OH is 1. The Kier molecular flexibility index (Phi) is 5.62. The van der Waals surface area contributed by atoms with Crippen molar-refractivity contribution in [2.75, 3.05) is 5.32 Å². The van der Waals surface area contributed by atoms with E-state index < -0.39 is 24.1 Å². The van der Waals surface area contributed by atoms with E-state index in [4.69, 9.17) is 28.3 Å². The maximum Gasteiger partial charge on any atom is 0.328 e. The van der Waals surface area contributed by atoms with Crippen LogP contribution in [0.25, 0.3) is 0 Å². The number of hydrogen-bond donors (Lipinski definition) is 4. The first kappa shape index (κ1) is 16.6. The largest absolute Gasteiger partial charge is 0.480 e. The van der Waals surface area contributed by atoms with Crippen molar-refractivity contribution in [1.82, 2.24) is 5.32 Å². The molecule has 1 rings (SSSR count). The first-order valence-electron chi connectivity index (χ1n) is 5.67. The van der Waals surface area contributed by atoms with E-state index in [9.17, 15) is 14.7 Å². The summed E-state index contributed by atoms with van der Waals surface area (Å²) in [6, 6.07) is 0.982. The lowest BCUT2D eigenvalue weighted by Crippen LogP contribution is -2.49. The summed E-state index contributed by atoms with van der Waals surface area (Å²) in [4.78, 5) is 22.6. The zero-order valence-electron chi connectivity index (χ0n) is 10.8. The number of carboxylic acids is 1. The average molecular weight is 321 g/mol. The van der Waals surface area contributed by atoms with Crippen LogP contribution in [-0.4, -0.2) is 34.4 Å². The second kappa shape index (κ2) is 6.78. The molecule has 2 amide bonds. The van der Waals surface area contributed by atoms with Crippen LogP contribution in [0.2, 0.25) is 10.0 Å². The number of anilines is 1. The first-order valence-corrected chi connectivity index (χ1v) is 6.42. The smallest absolute Gasteiger partial charge is 0.328 e. The number of halogens is 2. The van der Waals surface area contributed by atoms with Gasteiger partial charge in [-0.15, -0.1) is 0 Å². The van der Waals surface area contributed by atoms with Crippen molar-refractivity contribution in [2.24, 2.45) is 0 Å². The maximum absolute atomic E-state index is 11.7. The van der Waals surface area contributed by atoms with Gasteiger partial charge in [0.2, 0.25) is 0 Å². The van der Waals surface area contributed by atoms with Crippen molar-refractivity contribution < 1.29 is 19.8 Å². The molecule has 0 heterocycles. The number of carbonyl (C=O) groups excluding carboxylic acids is 1. The summed E-state index contributed by atoms with van der Waals surface area (Å²) in [6.45, 7) is 2.99. The van der Waals surface area contributed by atoms with Crippen LogP contribution >= 0.6 is 23.2 Å². The number of benzene rings is 1. The van der Waals surface area contributed by atoms with Gasteiger partial charge < -0.3 is 20.8 Å². The van der Waals surface area contributed by atoms with E-state index in [1.807, 2.05) is 0 Å². The number of hydrogen-bond acceptors (Lipinski definition) is 3. The van der Waals surface area contributed by atoms with Crippen molar-refractivity contribution in [3.63, 3.8) is 0 Å². The van der Waals surface area contributed by atoms with Gasteiger partial charge in [0.1, 0.15) is 0 Å². The van der Waals surface area contributed by atoms with Crippen LogP contribution in [0.5, 0.6) is 0 Å². The molecule has 6 nitrogen and oxygen atoms in total. The van der Waals surface area contributed by atoms with Crippen LogP contribution in [0, 0.1) is 6.92 Å². The van der Waals surface area contributed by atoms with Gasteiger partial charge in [0.05, 0.1) is 21.8 Å². The fourth-order valence-electron chi connectivity index (χ4n) is 1.45. The van der Waals surface area contributed by atoms with Crippen LogP contribution in [0.3, 0.4) is 0 Å². The fraction of sp³-hybridized carbons (Fsp3) is 0.333. The number of nitrogens with one attached hydrogen (secondary N) is 2. The van der Waals surface area contributed by atoms with Crippen molar-refractivity contribution >= 4 is 40.9 Å². The summed E-state index contributed by atoms with van der Waals surface area (Å²) in [6.07, 6.45) is -1.25.